The Morgan fingerprint density at radius 2 is 1.72 bits per heavy atom. The molecule has 0 bridgehead atoms. The molecule has 0 radical (unpaired) electrons. The highest BCUT2D eigenvalue weighted by Crippen LogP contribution is 2.23. The highest BCUT2D eigenvalue weighted by Gasteiger charge is 2.24. The summed E-state index contributed by atoms with van der Waals surface area (Å²) in [5, 5.41) is 3.51. The van der Waals surface area contributed by atoms with Crippen molar-refractivity contribution >= 4 is 33.2 Å². The van der Waals surface area contributed by atoms with Crippen LogP contribution in [0.4, 0.5) is 5.69 Å². The molecule has 2 aromatic rings. The van der Waals surface area contributed by atoms with Crippen LogP contribution in [0.25, 0.3) is 0 Å². The molecule has 5 nitrogen and oxygen atoms in total. The van der Waals surface area contributed by atoms with Gasteiger partial charge >= 0.3 is 0 Å². The van der Waals surface area contributed by atoms with Gasteiger partial charge in [-0.05, 0) is 54.8 Å². The van der Waals surface area contributed by atoms with Crippen LogP contribution in [0.2, 0.25) is 5.02 Å². The van der Waals surface area contributed by atoms with Crippen LogP contribution in [0, 0.1) is 0 Å². The van der Waals surface area contributed by atoms with E-state index in [4.69, 9.17) is 11.6 Å². The predicted octanol–water partition coefficient (Wildman–Crippen LogP) is 3.20. The summed E-state index contributed by atoms with van der Waals surface area (Å²) in [6.07, 6.45) is 3.20. The van der Waals surface area contributed by atoms with Crippen molar-refractivity contribution in [3.05, 3.63) is 64.7 Å². The van der Waals surface area contributed by atoms with E-state index in [9.17, 15) is 13.2 Å². The quantitative estimate of drug-likeness (QED) is 0.839. The highest BCUT2D eigenvalue weighted by molar-refractivity contribution is 7.92. The number of carbonyl (C=O) groups is 1. The fraction of sp³-hybridized carbons (Fsp3) is 0.278. The van der Waals surface area contributed by atoms with Gasteiger partial charge in [-0.2, -0.15) is 0 Å². The molecule has 0 aliphatic heterocycles. The van der Waals surface area contributed by atoms with Gasteiger partial charge < -0.3 is 5.32 Å². The van der Waals surface area contributed by atoms with Gasteiger partial charge in [0.1, 0.15) is 0 Å². The summed E-state index contributed by atoms with van der Waals surface area (Å²) in [4.78, 5) is 12.0. The second kappa shape index (κ2) is 7.06. The molecule has 1 aliphatic rings. The fourth-order valence-corrected chi connectivity index (χ4v) is 3.45. The lowest BCUT2D eigenvalue weighted by Crippen LogP contribution is -2.29. The second-order valence-electron chi connectivity index (χ2n) is 6.19. The van der Waals surface area contributed by atoms with Gasteiger partial charge in [0.05, 0.1) is 18.5 Å². The molecule has 2 aromatic carbocycles. The topological polar surface area (TPSA) is 66.5 Å². The van der Waals surface area contributed by atoms with Gasteiger partial charge in [0.25, 0.3) is 5.91 Å². The normalized spacial score (nSPS) is 14.2. The summed E-state index contributed by atoms with van der Waals surface area (Å²) in [6.45, 7) is 0.198. The third-order valence-electron chi connectivity index (χ3n) is 3.97. The molecule has 1 N–H and O–H groups in total. The molecule has 7 heteroatoms. The average Bonchev–Trinajstić information content (AvgIpc) is 3.37. The van der Waals surface area contributed by atoms with Gasteiger partial charge in [0.15, 0.2) is 0 Å². The Bertz CT molecular complexity index is 860. The number of hydrogen-bond acceptors (Lipinski definition) is 3. The van der Waals surface area contributed by atoms with Crippen molar-refractivity contribution in [3.8, 4) is 0 Å². The minimum Gasteiger partial charge on any atom is -0.349 e. The number of amides is 1. The standard InChI is InChI=1S/C18H19ClN2O3S/c1-25(23,24)21(12-13-2-6-15(19)7-3-13)17-10-4-14(5-11-17)18(22)20-16-8-9-16/h2-7,10-11,16H,8-9,12H2,1H3,(H,20,22). The van der Waals surface area contributed by atoms with Crippen LogP contribution < -0.4 is 9.62 Å². The van der Waals surface area contributed by atoms with E-state index in [2.05, 4.69) is 5.32 Å². The van der Waals surface area contributed by atoms with E-state index >= 15 is 0 Å². The van der Waals surface area contributed by atoms with Gasteiger partial charge in [-0.25, -0.2) is 8.42 Å². The third kappa shape index (κ3) is 4.74. The molecule has 0 unspecified atom stereocenters. The van der Waals surface area contributed by atoms with Crippen molar-refractivity contribution in [3.63, 3.8) is 0 Å². The molecule has 1 aliphatic carbocycles. The maximum absolute atomic E-state index is 12.2. The van der Waals surface area contributed by atoms with E-state index in [0.29, 0.717) is 16.3 Å². The fourth-order valence-electron chi connectivity index (χ4n) is 2.43. The lowest BCUT2D eigenvalue weighted by molar-refractivity contribution is 0.0951. The smallest absolute Gasteiger partial charge is 0.251 e. The number of nitrogens with one attached hydrogen (secondary N) is 1. The third-order valence-corrected chi connectivity index (χ3v) is 5.36. The van der Waals surface area contributed by atoms with Crippen LogP contribution in [0.3, 0.4) is 0 Å². The minimum atomic E-state index is -3.47. The SMILES string of the molecule is CS(=O)(=O)N(Cc1ccc(Cl)cc1)c1ccc(C(=O)NC2CC2)cc1. The largest absolute Gasteiger partial charge is 0.349 e. The zero-order valence-electron chi connectivity index (χ0n) is 13.8. The summed E-state index contributed by atoms with van der Waals surface area (Å²) in [7, 11) is -3.47. The molecule has 1 amide bonds. The van der Waals surface area contributed by atoms with Crippen molar-refractivity contribution in [1.29, 1.82) is 0 Å². The molecule has 3 rings (SSSR count). The second-order valence-corrected chi connectivity index (χ2v) is 8.53. The van der Waals surface area contributed by atoms with Crippen molar-refractivity contribution < 1.29 is 13.2 Å². The van der Waals surface area contributed by atoms with Crippen LogP contribution in [-0.4, -0.2) is 26.6 Å². The lowest BCUT2D eigenvalue weighted by atomic mass is 10.1. The van der Waals surface area contributed by atoms with E-state index in [1.807, 2.05) is 0 Å². The predicted molar refractivity (Wildman–Crippen MR) is 99.4 cm³/mol. The first-order chi connectivity index (χ1) is 11.8. The number of carbonyl (C=O) groups excluding carboxylic acids is 1. The molecular weight excluding hydrogens is 360 g/mol. The molecule has 1 saturated carbocycles. The monoisotopic (exact) mass is 378 g/mol. The van der Waals surface area contributed by atoms with Gasteiger partial charge in [0, 0.05) is 16.6 Å². The molecule has 132 valence electrons. The molecule has 0 atom stereocenters. The summed E-state index contributed by atoms with van der Waals surface area (Å²) in [5.74, 6) is -0.127. The molecule has 0 aromatic heterocycles. The zero-order chi connectivity index (χ0) is 18.0. The van der Waals surface area contributed by atoms with Gasteiger partial charge in [-0.15, -0.1) is 0 Å². The van der Waals surface area contributed by atoms with Crippen LogP contribution in [0.1, 0.15) is 28.8 Å². The van der Waals surface area contributed by atoms with Crippen molar-refractivity contribution in [2.24, 2.45) is 0 Å². The van der Waals surface area contributed by atoms with E-state index < -0.39 is 10.0 Å². The molecule has 0 heterocycles. The van der Waals surface area contributed by atoms with Crippen LogP contribution in [0.5, 0.6) is 0 Å². The minimum absolute atomic E-state index is 0.127. The van der Waals surface area contributed by atoms with Crippen LogP contribution in [-0.2, 0) is 16.6 Å². The summed E-state index contributed by atoms with van der Waals surface area (Å²) in [5.41, 5.74) is 1.86. The average molecular weight is 379 g/mol. The van der Waals surface area contributed by atoms with E-state index in [1.165, 1.54) is 4.31 Å². The Morgan fingerprint density at radius 1 is 1.12 bits per heavy atom. The number of hydrogen-bond donors (Lipinski definition) is 1. The Labute approximate surface area is 152 Å². The van der Waals surface area contributed by atoms with E-state index in [0.717, 1.165) is 24.7 Å². The Morgan fingerprint density at radius 3 is 2.24 bits per heavy atom. The first kappa shape index (κ1) is 17.8. The number of sulfonamides is 1. The van der Waals surface area contributed by atoms with E-state index in [1.54, 1.807) is 48.5 Å². The Hall–Kier alpha value is -2.05. The number of benzene rings is 2. The number of nitrogens with zero attached hydrogens (tertiary/aromatic N) is 1. The molecule has 0 spiro atoms. The van der Waals surface area contributed by atoms with Crippen molar-refractivity contribution in [2.45, 2.75) is 25.4 Å². The highest BCUT2D eigenvalue weighted by atomic mass is 35.5. The van der Waals surface area contributed by atoms with Crippen molar-refractivity contribution in [1.82, 2.24) is 5.32 Å². The maximum Gasteiger partial charge on any atom is 0.251 e. The molecular formula is C18H19ClN2O3S. The first-order valence-corrected chi connectivity index (χ1v) is 10.2. The first-order valence-electron chi connectivity index (χ1n) is 7.96. The number of halogens is 1. The molecule has 0 saturated heterocycles. The van der Waals surface area contributed by atoms with Crippen LogP contribution >= 0.6 is 11.6 Å². The van der Waals surface area contributed by atoms with Crippen molar-refractivity contribution in [2.75, 3.05) is 10.6 Å². The number of rotatable bonds is 6. The molecule has 1 fully saturated rings. The Kier molecular flexibility index (Phi) is 5.01. The summed E-state index contributed by atoms with van der Waals surface area (Å²) < 4.78 is 25.7. The van der Waals surface area contributed by atoms with E-state index in [-0.39, 0.29) is 18.5 Å². The van der Waals surface area contributed by atoms with Gasteiger partial charge in [-0.3, -0.25) is 9.10 Å². The summed E-state index contributed by atoms with van der Waals surface area (Å²) >= 11 is 5.87. The maximum atomic E-state index is 12.2. The Balaban J connectivity index is 1.81. The molecule has 25 heavy (non-hydrogen) atoms. The van der Waals surface area contributed by atoms with Crippen LogP contribution in [0.15, 0.2) is 48.5 Å². The lowest BCUT2D eigenvalue weighted by Gasteiger charge is -2.22. The van der Waals surface area contributed by atoms with Gasteiger partial charge in [0.2, 0.25) is 10.0 Å². The number of anilines is 1. The summed E-state index contributed by atoms with van der Waals surface area (Å²) in [6, 6.07) is 13.9. The zero-order valence-corrected chi connectivity index (χ0v) is 15.3. The van der Waals surface area contributed by atoms with Gasteiger partial charge in [-0.1, -0.05) is 23.7 Å².